The molecule has 0 amide bonds. The van der Waals surface area contributed by atoms with E-state index in [2.05, 4.69) is 13.8 Å². The zero-order chi connectivity index (χ0) is 13.9. The van der Waals surface area contributed by atoms with Crippen LogP contribution < -0.4 is 0 Å². The van der Waals surface area contributed by atoms with Crippen LogP contribution >= 0.6 is 0 Å². The lowest BCUT2D eigenvalue weighted by atomic mass is 9.74. The van der Waals surface area contributed by atoms with Gasteiger partial charge in [0, 0.05) is 6.61 Å². The minimum absolute atomic E-state index is 0.388. The van der Waals surface area contributed by atoms with E-state index in [0.29, 0.717) is 12.2 Å². The lowest BCUT2D eigenvalue weighted by Gasteiger charge is -2.40. The maximum atomic E-state index is 6.22. The van der Waals surface area contributed by atoms with Gasteiger partial charge in [0.05, 0.1) is 18.8 Å². The third-order valence-electron chi connectivity index (χ3n) is 6.03. The van der Waals surface area contributed by atoms with E-state index in [1.807, 2.05) is 0 Å². The molecule has 2 heterocycles. The van der Waals surface area contributed by atoms with E-state index < -0.39 is 0 Å². The SMILES string of the molecule is CC1CCC(C2CCC(C3CCC(C)CO3)OC2)CC1. The Morgan fingerprint density at radius 2 is 1.10 bits per heavy atom. The molecule has 0 aromatic rings. The summed E-state index contributed by atoms with van der Waals surface area (Å²) in [6, 6.07) is 0. The predicted octanol–water partition coefficient (Wildman–Crippen LogP) is 4.42. The van der Waals surface area contributed by atoms with Crippen LogP contribution in [0.2, 0.25) is 0 Å². The lowest BCUT2D eigenvalue weighted by Crippen LogP contribution is -2.41. The molecule has 3 fully saturated rings. The molecule has 3 rings (SSSR count). The minimum atomic E-state index is 0.388. The molecule has 0 aromatic heterocycles. The van der Waals surface area contributed by atoms with Crippen LogP contribution in [-0.2, 0) is 9.47 Å². The molecule has 1 saturated carbocycles. The Labute approximate surface area is 124 Å². The Bertz CT molecular complexity index is 250. The van der Waals surface area contributed by atoms with Crippen molar-refractivity contribution >= 4 is 0 Å². The Morgan fingerprint density at radius 1 is 0.550 bits per heavy atom. The molecule has 0 aromatic carbocycles. The Morgan fingerprint density at radius 3 is 1.65 bits per heavy atom. The molecule has 116 valence electrons. The first kappa shape index (κ1) is 14.8. The van der Waals surface area contributed by atoms with Gasteiger partial charge in [-0.1, -0.05) is 26.7 Å². The van der Waals surface area contributed by atoms with Crippen molar-refractivity contribution in [1.29, 1.82) is 0 Å². The topological polar surface area (TPSA) is 18.5 Å². The van der Waals surface area contributed by atoms with Gasteiger partial charge in [0.15, 0.2) is 0 Å². The number of ether oxygens (including phenoxy) is 2. The summed E-state index contributed by atoms with van der Waals surface area (Å²) in [5.41, 5.74) is 0. The molecule has 2 saturated heterocycles. The largest absolute Gasteiger partial charge is 0.375 e. The first-order valence-corrected chi connectivity index (χ1v) is 8.95. The summed E-state index contributed by atoms with van der Waals surface area (Å²) < 4.78 is 12.2. The van der Waals surface area contributed by atoms with Gasteiger partial charge in [0.1, 0.15) is 0 Å². The summed E-state index contributed by atoms with van der Waals surface area (Å²) in [4.78, 5) is 0. The fourth-order valence-corrected chi connectivity index (χ4v) is 4.41. The maximum absolute atomic E-state index is 6.22. The van der Waals surface area contributed by atoms with Gasteiger partial charge in [-0.2, -0.15) is 0 Å². The summed E-state index contributed by atoms with van der Waals surface area (Å²) in [6.45, 7) is 6.64. The van der Waals surface area contributed by atoms with E-state index in [-0.39, 0.29) is 0 Å². The van der Waals surface area contributed by atoms with Crippen molar-refractivity contribution < 1.29 is 9.47 Å². The molecule has 3 aliphatic rings. The second-order valence-corrected chi connectivity index (χ2v) is 7.78. The second-order valence-electron chi connectivity index (χ2n) is 7.78. The average molecular weight is 280 g/mol. The quantitative estimate of drug-likeness (QED) is 0.745. The third kappa shape index (κ3) is 3.57. The molecular weight excluding hydrogens is 248 g/mol. The van der Waals surface area contributed by atoms with Gasteiger partial charge in [-0.25, -0.2) is 0 Å². The highest BCUT2D eigenvalue weighted by atomic mass is 16.5. The van der Waals surface area contributed by atoms with Gasteiger partial charge in [0.25, 0.3) is 0 Å². The van der Waals surface area contributed by atoms with E-state index in [1.165, 1.54) is 51.4 Å². The van der Waals surface area contributed by atoms with Crippen molar-refractivity contribution in [3.8, 4) is 0 Å². The van der Waals surface area contributed by atoms with Crippen molar-refractivity contribution in [2.24, 2.45) is 23.7 Å². The van der Waals surface area contributed by atoms with Gasteiger partial charge in [-0.3, -0.25) is 0 Å². The van der Waals surface area contributed by atoms with E-state index in [4.69, 9.17) is 9.47 Å². The maximum Gasteiger partial charge on any atom is 0.0836 e. The molecule has 2 nitrogen and oxygen atoms in total. The van der Waals surface area contributed by atoms with Crippen molar-refractivity contribution in [3.63, 3.8) is 0 Å². The Balaban J connectivity index is 1.42. The summed E-state index contributed by atoms with van der Waals surface area (Å²) in [7, 11) is 0. The van der Waals surface area contributed by atoms with E-state index in [9.17, 15) is 0 Å². The highest BCUT2D eigenvalue weighted by Crippen LogP contribution is 2.38. The highest BCUT2D eigenvalue weighted by molar-refractivity contribution is 4.84. The van der Waals surface area contributed by atoms with Crippen LogP contribution in [0.1, 0.15) is 65.2 Å². The molecule has 1 aliphatic carbocycles. The van der Waals surface area contributed by atoms with E-state index >= 15 is 0 Å². The first-order valence-electron chi connectivity index (χ1n) is 8.95. The molecule has 4 unspecified atom stereocenters. The normalized spacial score (nSPS) is 47.1. The Hall–Kier alpha value is -0.0800. The van der Waals surface area contributed by atoms with Crippen LogP contribution in [0.3, 0.4) is 0 Å². The summed E-state index contributed by atoms with van der Waals surface area (Å²) in [6.07, 6.45) is 11.7. The van der Waals surface area contributed by atoms with Crippen LogP contribution in [0, 0.1) is 23.7 Å². The van der Waals surface area contributed by atoms with Gasteiger partial charge >= 0.3 is 0 Å². The Kier molecular flexibility index (Phi) is 5.04. The molecule has 0 spiro atoms. The van der Waals surface area contributed by atoms with Gasteiger partial charge in [0.2, 0.25) is 0 Å². The monoisotopic (exact) mass is 280 g/mol. The smallest absolute Gasteiger partial charge is 0.0836 e. The van der Waals surface area contributed by atoms with Crippen LogP contribution in [-0.4, -0.2) is 25.4 Å². The third-order valence-corrected chi connectivity index (χ3v) is 6.03. The highest BCUT2D eigenvalue weighted by Gasteiger charge is 2.34. The van der Waals surface area contributed by atoms with Crippen molar-refractivity contribution in [2.75, 3.05) is 13.2 Å². The average Bonchev–Trinajstić information content (AvgIpc) is 2.49. The predicted molar refractivity (Wildman–Crippen MR) is 81.7 cm³/mol. The van der Waals surface area contributed by atoms with Gasteiger partial charge < -0.3 is 9.47 Å². The zero-order valence-electron chi connectivity index (χ0n) is 13.4. The van der Waals surface area contributed by atoms with E-state index in [0.717, 1.165) is 36.9 Å². The van der Waals surface area contributed by atoms with Gasteiger partial charge in [-0.05, 0) is 62.2 Å². The molecule has 0 bridgehead atoms. The molecule has 20 heavy (non-hydrogen) atoms. The van der Waals surface area contributed by atoms with Crippen LogP contribution in [0.15, 0.2) is 0 Å². The molecule has 0 N–H and O–H groups in total. The summed E-state index contributed by atoms with van der Waals surface area (Å²) in [5, 5.41) is 0. The molecular formula is C18H32O2. The van der Waals surface area contributed by atoms with Crippen molar-refractivity contribution in [1.82, 2.24) is 0 Å². The number of rotatable bonds is 2. The first-order chi connectivity index (χ1) is 9.72. The molecule has 4 atom stereocenters. The number of hydrogen-bond acceptors (Lipinski definition) is 2. The standard InChI is InChI=1S/C18H32O2/c1-13-3-6-15(7-4-13)16-8-10-18(20-12-16)17-9-5-14(2)11-19-17/h13-18H,3-12H2,1-2H3. The van der Waals surface area contributed by atoms with Crippen LogP contribution in [0.4, 0.5) is 0 Å². The fourth-order valence-electron chi connectivity index (χ4n) is 4.41. The second kappa shape index (κ2) is 6.79. The summed E-state index contributed by atoms with van der Waals surface area (Å²) in [5.74, 6) is 3.48. The lowest BCUT2D eigenvalue weighted by molar-refractivity contribution is -0.135. The van der Waals surface area contributed by atoms with Crippen molar-refractivity contribution in [3.05, 3.63) is 0 Å². The summed E-state index contributed by atoms with van der Waals surface area (Å²) >= 11 is 0. The fraction of sp³-hybridized carbons (Fsp3) is 1.00. The minimum Gasteiger partial charge on any atom is -0.375 e. The molecule has 2 heteroatoms. The molecule has 2 aliphatic heterocycles. The molecule has 0 radical (unpaired) electrons. The van der Waals surface area contributed by atoms with E-state index in [1.54, 1.807) is 0 Å². The van der Waals surface area contributed by atoms with Gasteiger partial charge in [-0.15, -0.1) is 0 Å². The van der Waals surface area contributed by atoms with Crippen LogP contribution in [0.25, 0.3) is 0 Å². The van der Waals surface area contributed by atoms with Crippen molar-refractivity contribution in [2.45, 2.75) is 77.4 Å². The zero-order valence-corrected chi connectivity index (χ0v) is 13.4. The van der Waals surface area contributed by atoms with Crippen LogP contribution in [0.5, 0.6) is 0 Å². The number of hydrogen-bond donors (Lipinski definition) is 0.